The van der Waals surface area contributed by atoms with Gasteiger partial charge in [-0.2, -0.15) is 0 Å². The van der Waals surface area contributed by atoms with Gasteiger partial charge in [-0.25, -0.2) is 0 Å². The predicted octanol–water partition coefficient (Wildman–Crippen LogP) is 3.98. The number of hydrogen-bond acceptors (Lipinski definition) is 6. The lowest BCUT2D eigenvalue weighted by Crippen LogP contribution is -2.34. The fraction of sp³-hybridized carbons (Fsp3) is 0.176. The van der Waals surface area contributed by atoms with Gasteiger partial charge in [-0.1, -0.05) is 15.9 Å². The third kappa shape index (κ3) is 5.63. The van der Waals surface area contributed by atoms with Crippen LogP contribution in [0.3, 0.4) is 0 Å². The molecule has 0 atom stereocenters. The molecule has 2 aromatic carbocycles. The summed E-state index contributed by atoms with van der Waals surface area (Å²) in [6.07, 6.45) is -0.135. The number of nitrogens with zero attached hydrogens (tertiary/aromatic N) is 1. The number of ether oxygens (including phenoxy) is 1. The average Bonchev–Trinajstić information content (AvgIpc) is 2.57. The minimum Gasteiger partial charge on any atom is -0.506 e. The Bertz CT molecular complexity index is 904. The fourth-order valence-corrected chi connectivity index (χ4v) is 2.66. The number of benzene rings is 2. The Morgan fingerprint density at radius 3 is 2.63 bits per heavy atom. The number of phenolic OH excluding ortho intramolecular Hbond substituents is 1. The Morgan fingerprint density at radius 2 is 2.00 bits per heavy atom. The molecular formula is C17H16BrN3O5S. The normalized spacial score (nSPS) is 10.4. The number of amides is 1. The summed E-state index contributed by atoms with van der Waals surface area (Å²) in [6.45, 7) is 3.67. The van der Waals surface area contributed by atoms with Crippen LogP contribution in [-0.4, -0.2) is 27.2 Å². The van der Waals surface area contributed by atoms with Gasteiger partial charge in [0.15, 0.2) is 5.11 Å². The molecule has 0 aromatic heterocycles. The van der Waals surface area contributed by atoms with Crippen LogP contribution < -0.4 is 15.4 Å². The van der Waals surface area contributed by atoms with E-state index in [1.165, 1.54) is 0 Å². The van der Waals surface area contributed by atoms with Crippen molar-refractivity contribution in [1.82, 2.24) is 5.32 Å². The molecule has 8 nitrogen and oxygen atoms in total. The molecule has 27 heavy (non-hydrogen) atoms. The van der Waals surface area contributed by atoms with Crippen molar-refractivity contribution in [2.75, 3.05) is 5.32 Å². The highest BCUT2D eigenvalue weighted by Crippen LogP contribution is 2.28. The summed E-state index contributed by atoms with van der Waals surface area (Å²) >= 11 is 8.37. The second-order valence-electron chi connectivity index (χ2n) is 5.67. The number of anilines is 1. The third-order valence-electron chi connectivity index (χ3n) is 3.22. The molecule has 2 aromatic rings. The van der Waals surface area contributed by atoms with Gasteiger partial charge in [-0.3, -0.25) is 20.2 Å². The summed E-state index contributed by atoms with van der Waals surface area (Å²) in [5, 5.41) is 25.6. The number of nitro groups is 1. The highest BCUT2D eigenvalue weighted by molar-refractivity contribution is 9.10. The minimum absolute atomic E-state index is 0.00222. The van der Waals surface area contributed by atoms with Gasteiger partial charge in [0.05, 0.1) is 22.3 Å². The molecule has 142 valence electrons. The number of nitrogens with one attached hydrogen (secondary N) is 2. The molecule has 0 radical (unpaired) electrons. The number of halogens is 1. The summed E-state index contributed by atoms with van der Waals surface area (Å²) in [6, 6.07) is 8.40. The van der Waals surface area contributed by atoms with E-state index in [2.05, 4.69) is 26.6 Å². The number of phenols is 1. The van der Waals surface area contributed by atoms with Crippen LogP contribution in [0.1, 0.15) is 24.2 Å². The maximum absolute atomic E-state index is 12.5. The van der Waals surface area contributed by atoms with Crippen LogP contribution >= 0.6 is 28.1 Å². The Morgan fingerprint density at radius 1 is 1.30 bits per heavy atom. The SMILES string of the molecule is CC(C)Oc1ccc(Br)cc1C(=O)NC(=S)Nc1cc([N+](=O)[O-])ccc1O. The predicted molar refractivity (Wildman–Crippen MR) is 108 cm³/mol. The van der Waals surface area contributed by atoms with Gasteiger partial charge in [0.2, 0.25) is 0 Å². The first-order valence-electron chi connectivity index (χ1n) is 7.73. The van der Waals surface area contributed by atoms with Crippen LogP contribution in [0.5, 0.6) is 11.5 Å². The first kappa shape index (κ1) is 20.6. The average molecular weight is 454 g/mol. The van der Waals surface area contributed by atoms with E-state index >= 15 is 0 Å². The maximum atomic E-state index is 12.5. The topological polar surface area (TPSA) is 114 Å². The summed E-state index contributed by atoms with van der Waals surface area (Å²) in [5.74, 6) is -0.399. The van der Waals surface area contributed by atoms with E-state index in [4.69, 9.17) is 17.0 Å². The van der Waals surface area contributed by atoms with Gasteiger partial charge in [0, 0.05) is 16.6 Å². The van der Waals surface area contributed by atoms with E-state index in [1.54, 1.807) is 18.2 Å². The number of carbonyl (C=O) groups is 1. The van der Waals surface area contributed by atoms with Crippen LogP contribution in [-0.2, 0) is 0 Å². The maximum Gasteiger partial charge on any atom is 0.271 e. The number of carbonyl (C=O) groups excluding carboxylic acids is 1. The number of non-ortho nitro benzene ring substituents is 1. The first-order valence-corrected chi connectivity index (χ1v) is 8.93. The van der Waals surface area contributed by atoms with Gasteiger partial charge < -0.3 is 15.2 Å². The van der Waals surface area contributed by atoms with Crippen molar-refractivity contribution in [1.29, 1.82) is 0 Å². The summed E-state index contributed by atoms with van der Waals surface area (Å²) in [4.78, 5) is 22.8. The highest BCUT2D eigenvalue weighted by atomic mass is 79.9. The molecule has 3 N–H and O–H groups in total. The van der Waals surface area contributed by atoms with E-state index in [0.717, 1.165) is 18.2 Å². The lowest BCUT2D eigenvalue weighted by atomic mass is 10.2. The standard InChI is InChI=1S/C17H16BrN3O5S/c1-9(2)26-15-6-3-10(18)7-12(15)16(23)20-17(27)19-13-8-11(21(24)25)4-5-14(13)22/h3-9,22H,1-2H3,(H2,19,20,23,27). The lowest BCUT2D eigenvalue weighted by molar-refractivity contribution is -0.384. The number of rotatable bonds is 5. The molecule has 0 unspecified atom stereocenters. The molecule has 2 rings (SSSR count). The molecule has 0 aliphatic heterocycles. The van der Waals surface area contributed by atoms with Crippen molar-refractivity contribution in [2.24, 2.45) is 0 Å². The molecule has 0 aliphatic carbocycles. The molecule has 0 saturated carbocycles. The van der Waals surface area contributed by atoms with Crippen molar-refractivity contribution in [3.8, 4) is 11.5 Å². The minimum atomic E-state index is -0.608. The van der Waals surface area contributed by atoms with Crippen LogP contribution in [0.2, 0.25) is 0 Å². The number of nitro benzene ring substituents is 1. The van der Waals surface area contributed by atoms with E-state index in [9.17, 15) is 20.0 Å². The molecule has 1 amide bonds. The van der Waals surface area contributed by atoms with Gasteiger partial charge in [0.25, 0.3) is 11.6 Å². The smallest absolute Gasteiger partial charge is 0.271 e. The Hall–Kier alpha value is -2.72. The van der Waals surface area contributed by atoms with Crippen molar-refractivity contribution >= 4 is 50.5 Å². The summed E-state index contributed by atoms with van der Waals surface area (Å²) in [5.41, 5.74) is 0.0249. The van der Waals surface area contributed by atoms with Crippen LogP contribution in [0, 0.1) is 10.1 Å². The molecule has 0 bridgehead atoms. The molecule has 0 fully saturated rings. The van der Waals surface area contributed by atoms with Gasteiger partial charge >= 0.3 is 0 Å². The second kappa shape index (κ2) is 8.78. The largest absolute Gasteiger partial charge is 0.506 e. The highest BCUT2D eigenvalue weighted by Gasteiger charge is 2.17. The van der Waals surface area contributed by atoms with Gasteiger partial charge in [-0.15, -0.1) is 0 Å². The number of thiocarbonyl (C=S) groups is 1. The van der Waals surface area contributed by atoms with Crippen molar-refractivity contribution in [3.63, 3.8) is 0 Å². The molecule has 0 spiro atoms. The van der Waals surface area contributed by atoms with E-state index in [1.807, 2.05) is 13.8 Å². The Labute approximate surface area is 168 Å². The quantitative estimate of drug-likeness (QED) is 0.271. The molecule has 0 saturated heterocycles. The monoisotopic (exact) mass is 453 g/mol. The second-order valence-corrected chi connectivity index (χ2v) is 7.00. The van der Waals surface area contributed by atoms with Crippen LogP contribution in [0.15, 0.2) is 40.9 Å². The van der Waals surface area contributed by atoms with E-state index < -0.39 is 10.8 Å². The fourth-order valence-electron chi connectivity index (χ4n) is 2.10. The molecule has 10 heteroatoms. The van der Waals surface area contributed by atoms with Crippen molar-refractivity contribution < 1.29 is 19.6 Å². The van der Waals surface area contributed by atoms with E-state index in [0.29, 0.717) is 10.2 Å². The van der Waals surface area contributed by atoms with Crippen molar-refractivity contribution in [2.45, 2.75) is 20.0 Å². The molecular weight excluding hydrogens is 438 g/mol. The zero-order valence-corrected chi connectivity index (χ0v) is 16.8. The summed E-state index contributed by atoms with van der Waals surface area (Å²) < 4.78 is 6.30. The number of aromatic hydroxyl groups is 1. The molecule has 0 aliphatic rings. The summed E-state index contributed by atoms with van der Waals surface area (Å²) in [7, 11) is 0. The Balaban J connectivity index is 2.17. The number of hydrogen-bond donors (Lipinski definition) is 3. The van der Waals surface area contributed by atoms with Gasteiger partial charge in [-0.05, 0) is 50.3 Å². The zero-order valence-electron chi connectivity index (χ0n) is 14.4. The zero-order chi connectivity index (χ0) is 20.1. The van der Waals surface area contributed by atoms with Crippen LogP contribution in [0.25, 0.3) is 0 Å². The van der Waals surface area contributed by atoms with Gasteiger partial charge in [0.1, 0.15) is 11.5 Å². The lowest BCUT2D eigenvalue weighted by Gasteiger charge is -2.15. The first-order chi connectivity index (χ1) is 12.7. The Kier molecular flexibility index (Phi) is 6.70. The van der Waals surface area contributed by atoms with Crippen molar-refractivity contribution in [3.05, 3.63) is 56.5 Å². The van der Waals surface area contributed by atoms with Crippen LogP contribution in [0.4, 0.5) is 11.4 Å². The third-order valence-corrected chi connectivity index (χ3v) is 3.91. The van der Waals surface area contributed by atoms with E-state index in [-0.39, 0.29) is 33.9 Å². The molecule has 0 heterocycles.